The van der Waals surface area contributed by atoms with Crippen molar-refractivity contribution in [3.63, 3.8) is 0 Å². The standard InChI is InChI=1S/C56H34N4S/c1-4-17-37(18-5-1)50-34-45-55(61-50)54(38-19-6-2-7-20-38)58-56(57-45)60-46-30-29-39(33-44(46)51-41-23-12-10-15-35(41)27-31-48(51)60)43-25-14-26-47-53(43)52-42-24-13-11-16-36(42)28-32-49(52)59(47)40-21-8-3-9-22-40/h1-34H. The van der Waals surface area contributed by atoms with E-state index in [2.05, 4.69) is 215 Å². The van der Waals surface area contributed by atoms with E-state index < -0.39 is 0 Å². The predicted molar refractivity (Wildman–Crippen MR) is 257 cm³/mol. The smallest absolute Gasteiger partial charge is 0.235 e. The molecule has 13 aromatic rings. The normalized spacial score (nSPS) is 11.9. The van der Waals surface area contributed by atoms with E-state index in [1.165, 1.54) is 70.1 Å². The minimum Gasteiger partial charge on any atom is -0.309 e. The summed E-state index contributed by atoms with van der Waals surface area (Å²) < 4.78 is 5.78. The van der Waals surface area contributed by atoms with E-state index in [-0.39, 0.29) is 0 Å². The molecule has 0 radical (unpaired) electrons. The van der Waals surface area contributed by atoms with Crippen molar-refractivity contribution in [3.05, 3.63) is 206 Å². The number of fused-ring (bicyclic) bond motifs is 11. The molecule has 61 heavy (non-hydrogen) atoms. The van der Waals surface area contributed by atoms with E-state index in [0.717, 1.165) is 43.8 Å². The van der Waals surface area contributed by atoms with Gasteiger partial charge in [-0.05, 0) is 86.8 Å². The molecule has 4 heterocycles. The SMILES string of the molecule is c1ccc(-c2cc3nc(-n4c5ccc(-c6cccc7c6c6c8ccccc8ccc6n7-c6ccccc6)cc5c5c6ccccc6ccc54)nc(-c4ccccc4)c3s2)cc1. The summed E-state index contributed by atoms with van der Waals surface area (Å²) in [6.45, 7) is 0. The molecule has 0 aliphatic rings. The van der Waals surface area contributed by atoms with Crippen LogP contribution in [0.4, 0.5) is 0 Å². The first-order valence-electron chi connectivity index (χ1n) is 20.7. The molecule has 0 saturated carbocycles. The average Bonchev–Trinajstić information content (AvgIpc) is 4.02. The summed E-state index contributed by atoms with van der Waals surface area (Å²) in [7, 11) is 0. The lowest BCUT2D eigenvalue weighted by Gasteiger charge is -2.11. The van der Waals surface area contributed by atoms with Crippen molar-refractivity contribution in [1.82, 2.24) is 19.1 Å². The fraction of sp³-hybridized carbons (Fsp3) is 0. The van der Waals surface area contributed by atoms with E-state index >= 15 is 0 Å². The molecule has 5 heteroatoms. The van der Waals surface area contributed by atoms with Crippen LogP contribution < -0.4 is 0 Å². The van der Waals surface area contributed by atoms with Crippen LogP contribution in [0.1, 0.15) is 0 Å². The maximum Gasteiger partial charge on any atom is 0.235 e. The first kappa shape index (κ1) is 34.0. The fourth-order valence-electron chi connectivity index (χ4n) is 9.65. The van der Waals surface area contributed by atoms with Gasteiger partial charge in [0.2, 0.25) is 5.95 Å². The van der Waals surface area contributed by atoms with Crippen LogP contribution in [0, 0.1) is 0 Å². The fourth-order valence-corrected chi connectivity index (χ4v) is 10.8. The summed E-state index contributed by atoms with van der Waals surface area (Å²) in [6, 6.07) is 74.3. The molecular weight excluding hydrogens is 761 g/mol. The second-order valence-corrected chi connectivity index (χ2v) is 16.8. The molecule has 0 N–H and O–H groups in total. The number of nitrogens with zero attached hydrogens (tertiary/aromatic N) is 4. The van der Waals surface area contributed by atoms with Gasteiger partial charge in [-0.1, -0.05) is 158 Å². The van der Waals surface area contributed by atoms with Crippen LogP contribution in [0.5, 0.6) is 0 Å². The second kappa shape index (κ2) is 13.3. The van der Waals surface area contributed by atoms with Crippen LogP contribution in [0.25, 0.3) is 120 Å². The molecule has 0 fully saturated rings. The Labute approximate surface area is 354 Å². The number of para-hydroxylation sites is 1. The van der Waals surface area contributed by atoms with Gasteiger partial charge in [-0.2, -0.15) is 0 Å². The van der Waals surface area contributed by atoms with Gasteiger partial charge >= 0.3 is 0 Å². The molecule has 0 unspecified atom stereocenters. The van der Waals surface area contributed by atoms with Crippen LogP contribution >= 0.6 is 11.3 Å². The second-order valence-electron chi connectivity index (χ2n) is 15.7. The zero-order valence-corrected chi connectivity index (χ0v) is 33.6. The summed E-state index contributed by atoms with van der Waals surface area (Å²) in [5, 5.41) is 9.76. The predicted octanol–water partition coefficient (Wildman–Crippen LogP) is 15.2. The Kier molecular flexibility index (Phi) is 7.44. The molecule has 284 valence electrons. The lowest BCUT2D eigenvalue weighted by Crippen LogP contribution is -2.02. The van der Waals surface area contributed by atoms with Gasteiger partial charge in [0.15, 0.2) is 0 Å². The summed E-state index contributed by atoms with van der Waals surface area (Å²) in [5.74, 6) is 0.659. The highest BCUT2D eigenvalue weighted by Crippen LogP contribution is 2.45. The Morgan fingerprint density at radius 3 is 1.72 bits per heavy atom. The zero-order chi connectivity index (χ0) is 40.0. The van der Waals surface area contributed by atoms with Gasteiger partial charge in [-0.25, -0.2) is 9.97 Å². The van der Waals surface area contributed by atoms with Crippen LogP contribution in [0.2, 0.25) is 0 Å². The highest BCUT2D eigenvalue weighted by molar-refractivity contribution is 7.22. The molecular formula is C56H34N4S. The van der Waals surface area contributed by atoms with E-state index in [1.807, 2.05) is 0 Å². The summed E-state index contributed by atoms with van der Waals surface area (Å²) in [6.07, 6.45) is 0. The van der Waals surface area contributed by atoms with Gasteiger partial charge in [0.1, 0.15) is 0 Å². The number of benzene rings is 9. The monoisotopic (exact) mass is 794 g/mol. The van der Waals surface area contributed by atoms with Gasteiger partial charge in [-0.15, -0.1) is 11.3 Å². The van der Waals surface area contributed by atoms with Crippen LogP contribution in [-0.2, 0) is 0 Å². The van der Waals surface area contributed by atoms with Crippen molar-refractivity contribution in [2.45, 2.75) is 0 Å². The van der Waals surface area contributed by atoms with E-state index in [4.69, 9.17) is 9.97 Å². The van der Waals surface area contributed by atoms with Crippen molar-refractivity contribution in [2.24, 2.45) is 0 Å². The van der Waals surface area contributed by atoms with Gasteiger partial charge < -0.3 is 4.57 Å². The number of hydrogen-bond acceptors (Lipinski definition) is 3. The van der Waals surface area contributed by atoms with Crippen molar-refractivity contribution in [1.29, 1.82) is 0 Å². The third-order valence-corrected chi connectivity index (χ3v) is 13.5. The lowest BCUT2D eigenvalue weighted by molar-refractivity contribution is 1.02. The van der Waals surface area contributed by atoms with Gasteiger partial charge in [0.05, 0.1) is 38.0 Å². The number of hydrogen-bond donors (Lipinski definition) is 0. The van der Waals surface area contributed by atoms with Crippen molar-refractivity contribution in [3.8, 4) is 44.5 Å². The molecule has 0 saturated heterocycles. The average molecular weight is 795 g/mol. The number of rotatable bonds is 5. The lowest BCUT2D eigenvalue weighted by atomic mass is 9.95. The van der Waals surface area contributed by atoms with Gasteiger partial charge in [-0.3, -0.25) is 4.57 Å². The molecule has 4 aromatic heterocycles. The van der Waals surface area contributed by atoms with E-state index in [1.54, 1.807) is 11.3 Å². The Morgan fingerprint density at radius 1 is 0.377 bits per heavy atom. The molecule has 0 amide bonds. The molecule has 0 bridgehead atoms. The summed E-state index contributed by atoms with van der Waals surface area (Å²) in [5.41, 5.74) is 12.2. The third kappa shape index (κ3) is 5.18. The maximum atomic E-state index is 5.48. The van der Waals surface area contributed by atoms with Crippen molar-refractivity contribution >= 4 is 86.7 Å². The van der Waals surface area contributed by atoms with Crippen LogP contribution in [-0.4, -0.2) is 19.1 Å². The molecule has 0 aliphatic heterocycles. The minimum absolute atomic E-state index is 0.659. The molecule has 0 spiro atoms. The Hall–Kier alpha value is -7.86. The van der Waals surface area contributed by atoms with Crippen molar-refractivity contribution in [2.75, 3.05) is 0 Å². The third-order valence-electron chi connectivity index (χ3n) is 12.3. The Bertz CT molecular complexity index is 3860. The maximum absolute atomic E-state index is 5.48. The largest absolute Gasteiger partial charge is 0.309 e. The van der Waals surface area contributed by atoms with E-state index in [9.17, 15) is 0 Å². The molecule has 13 rings (SSSR count). The molecule has 0 aliphatic carbocycles. The van der Waals surface area contributed by atoms with E-state index in [0.29, 0.717) is 5.95 Å². The topological polar surface area (TPSA) is 35.6 Å². The zero-order valence-electron chi connectivity index (χ0n) is 32.8. The quantitative estimate of drug-likeness (QED) is 0.174. The van der Waals surface area contributed by atoms with Gasteiger partial charge in [0.25, 0.3) is 0 Å². The van der Waals surface area contributed by atoms with Crippen molar-refractivity contribution < 1.29 is 0 Å². The molecule has 9 aromatic carbocycles. The van der Waals surface area contributed by atoms with Gasteiger partial charge in [0, 0.05) is 37.7 Å². The molecule has 0 atom stereocenters. The highest BCUT2D eigenvalue weighted by atomic mass is 32.1. The first-order valence-corrected chi connectivity index (χ1v) is 21.5. The van der Waals surface area contributed by atoms with Crippen LogP contribution in [0.15, 0.2) is 206 Å². The highest BCUT2D eigenvalue weighted by Gasteiger charge is 2.23. The molecule has 4 nitrogen and oxygen atoms in total. The number of aromatic nitrogens is 4. The summed E-state index contributed by atoms with van der Waals surface area (Å²) >= 11 is 1.75. The minimum atomic E-state index is 0.659. The summed E-state index contributed by atoms with van der Waals surface area (Å²) in [4.78, 5) is 12.1. The number of thiophene rings is 1. The first-order chi connectivity index (χ1) is 30.3. The van der Waals surface area contributed by atoms with Crippen LogP contribution in [0.3, 0.4) is 0 Å². The Balaban J connectivity index is 1.11. The Morgan fingerprint density at radius 2 is 0.984 bits per heavy atom.